The number of carbonyl (C=O) groups is 1. The third kappa shape index (κ3) is 4.65. The first kappa shape index (κ1) is 23.0. The van der Waals surface area contributed by atoms with Crippen LogP contribution in [0.15, 0.2) is 35.2 Å². The highest BCUT2D eigenvalue weighted by molar-refractivity contribution is 7.89. The number of fused-ring (bicyclic) bond motifs is 1. The van der Waals surface area contributed by atoms with Crippen LogP contribution in [0.4, 0.5) is 0 Å². The number of aromatic nitrogens is 2. The molecule has 0 aliphatic carbocycles. The quantitative estimate of drug-likeness (QED) is 0.410. The van der Waals surface area contributed by atoms with Crippen molar-refractivity contribution in [3.8, 4) is 5.75 Å². The van der Waals surface area contributed by atoms with Gasteiger partial charge in [0.15, 0.2) is 0 Å². The third-order valence-corrected chi connectivity index (χ3v) is 7.08. The molecule has 0 atom stereocenters. The number of sulfonamides is 1. The molecule has 31 heavy (non-hydrogen) atoms. The van der Waals surface area contributed by atoms with Crippen LogP contribution in [-0.4, -0.2) is 42.3 Å². The van der Waals surface area contributed by atoms with Crippen LogP contribution in [0.25, 0.3) is 11.0 Å². The molecule has 7 nitrogen and oxygen atoms in total. The lowest BCUT2D eigenvalue weighted by molar-refractivity contribution is -0.134. The summed E-state index contributed by atoms with van der Waals surface area (Å²) in [5.41, 5.74) is 4.43. The van der Waals surface area contributed by atoms with Crippen molar-refractivity contribution in [1.82, 2.24) is 13.9 Å². The maximum Gasteiger partial charge on any atom is 0.311 e. The Labute approximate surface area is 183 Å². The van der Waals surface area contributed by atoms with E-state index in [1.165, 1.54) is 18.4 Å². The Morgan fingerprint density at radius 1 is 1.10 bits per heavy atom. The van der Waals surface area contributed by atoms with Gasteiger partial charge >= 0.3 is 5.97 Å². The molecule has 0 spiro atoms. The van der Waals surface area contributed by atoms with Crippen molar-refractivity contribution < 1.29 is 17.9 Å². The molecule has 0 saturated heterocycles. The minimum absolute atomic E-state index is 0.179. The van der Waals surface area contributed by atoms with Crippen LogP contribution in [0.3, 0.4) is 0 Å². The van der Waals surface area contributed by atoms with E-state index in [9.17, 15) is 13.2 Å². The predicted octanol–water partition coefficient (Wildman–Crippen LogP) is 3.77. The van der Waals surface area contributed by atoms with Gasteiger partial charge in [0, 0.05) is 27.1 Å². The van der Waals surface area contributed by atoms with Crippen LogP contribution in [-0.2, 0) is 27.8 Å². The first-order chi connectivity index (χ1) is 14.5. The summed E-state index contributed by atoms with van der Waals surface area (Å²) >= 11 is 0. The molecule has 3 aromatic rings. The summed E-state index contributed by atoms with van der Waals surface area (Å²) in [6, 6.07) is 8.92. The number of hydrogen-bond acceptors (Lipinski definition) is 5. The van der Waals surface area contributed by atoms with Gasteiger partial charge in [-0.3, -0.25) is 4.79 Å². The van der Waals surface area contributed by atoms with E-state index in [0.717, 1.165) is 28.0 Å². The molecule has 0 saturated carbocycles. The van der Waals surface area contributed by atoms with Gasteiger partial charge in [-0.2, -0.15) is 0 Å². The fraction of sp³-hybridized carbons (Fsp3) is 0.391. The zero-order chi connectivity index (χ0) is 22.9. The van der Waals surface area contributed by atoms with Gasteiger partial charge in [0.1, 0.15) is 11.6 Å². The maximum atomic E-state index is 12.5. The Kier molecular flexibility index (Phi) is 6.52. The van der Waals surface area contributed by atoms with Crippen LogP contribution in [0.5, 0.6) is 5.75 Å². The second-order valence-electron chi connectivity index (χ2n) is 7.91. The first-order valence-corrected chi connectivity index (χ1v) is 11.7. The van der Waals surface area contributed by atoms with Crippen LogP contribution in [0, 0.1) is 20.8 Å². The van der Waals surface area contributed by atoms with E-state index in [4.69, 9.17) is 4.74 Å². The smallest absolute Gasteiger partial charge is 0.311 e. The zero-order valence-electron chi connectivity index (χ0n) is 18.9. The molecule has 0 amide bonds. The van der Waals surface area contributed by atoms with Gasteiger partial charge in [-0.1, -0.05) is 17.7 Å². The number of benzene rings is 2. The second kappa shape index (κ2) is 8.80. The number of ether oxygens (including phenoxy) is 1. The minimum atomic E-state index is -3.54. The lowest BCUT2D eigenvalue weighted by Crippen LogP contribution is -2.22. The van der Waals surface area contributed by atoms with Gasteiger partial charge in [-0.25, -0.2) is 17.7 Å². The van der Waals surface area contributed by atoms with Crippen molar-refractivity contribution in [1.29, 1.82) is 0 Å². The third-order valence-electron chi connectivity index (χ3n) is 5.27. The highest BCUT2D eigenvalue weighted by atomic mass is 32.2. The van der Waals surface area contributed by atoms with Crippen molar-refractivity contribution in [3.05, 3.63) is 52.8 Å². The van der Waals surface area contributed by atoms with E-state index in [1.54, 1.807) is 18.2 Å². The summed E-state index contributed by atoms with van der Waals surface area (Å²) in [4.78, 5) is 17.3. The fourth-order valence-corrected chi connectivity index (χ4v) is 4.70. The number of esters is 1. The molecular formula is C23H29N3O4S. The van der Waals surface area contributed by atoms with E-state index >= 15 is 0 Å². The SMILES string of the molecule is CCn1c(CCC(=O)Oc2c(C)cc(C)cc2C)nc2cc(S(=O)(=O)N(C)C)ccc21. The lowest BCUT2D eigenvalue weighted by Gasteiger charge is -2.12. The van der Waals surface area contributed by atoms with Crippen LogP contribution in [0.2, 0.25) is 0 Å². The van der Waals surface area contributed by atoms with Crippen molar-refractivity contribution in [2.24, 2.45) is 0 Å². The van der Waals surface area contributed by atoms with E-state index in [1.807, 2.05) is 44.4 Å². The average molecular weight is 444 g/mol. The molecule has 0 radical (unpaired) electrons. The highest BCUT2D eigenvalue weighted by Gasteiger charge is 2.20. The Morgan fingerprint density at radius 3 is 2.32 bits per heavy atom. The fourth-order valence-electron chi connectivity index (χ4n) is 3.78. The lowest BCUT2D eigenvalue weighted by atomic mass is 10.1. The zero-order valence-corrected chi connectivity index (χ0v) is 19.7. The van der Waals surface area contributed by atoms with Gasteiger partial charge in [-0.15, -0.1) is 0 Å². The number of nitrogens with zero attached hydrogens (tertiary/aromatic N) is 3. The summed E-state index contributed by atoms with van der Waals surface area (Å²) < 4.78 is 33.7. The monoisotopic (exact) mass is 443 g/mol. The second-order valence-corrected chi connectivity index (χ2v) is 10.1. The molecule has 3 rings (SSSR count). The summed E-state index contributed by atoms with van der Waals surface area (Å²) in [5, 5.41) is 0. The van der Waals surface area contributed by atoms with Gasteiger partial charge in [0.25, 0.3) is 0 Å². The summed E-state index contributed by atoms with van der Waals surface area (Å²) in [5.74, 6) is 1.02. The molecule has 0 fully saturated rings. The van der Waals surface area contributed by atoms with Crippen molar-refractivity contribution in [2.45, 2.75) is 52.0 Å². The molecule has 0 aliphatic rings. The van der Waals surface area contributed by atoms with E-state index < -0.39 is 10.0 Å². The summed E-state index contributed by atoms with van der Waals surface area (Å²) in [7, 11) is -0.543. The number of imidazole rings is 1. The average Bonchev–Trinajstić information content (AvgIpc) is 3.05. The van der Waals surface area contributed by atoms with Crippen molar-refractivity contribution >= 4 is 27.0 Å². The van der Waals surface area contributed by atoms with Crippen LogP contribution >= 0.6 is 0 Å². The van der Waals surface area contributed by atoms with Gasteiger partial charge in [0.2, 0.25) is 10.0 Å². The predicted molar refractivity (Wildman–Crippen MR) is 121 cm³/mol. The van der Waals surface area contributed by atoms with Crippen LogP contribution in [0.1, 0.15) is 35.9 Å². The van der Waals surface area contributed by atoms with E-state index in [-0.39, 0.29) is 17.3 Å². The number of rotatable bonds is 7. The van der Waals surface area contributed by atoms with E-state index in [0.29, 0.717) is 24.2 Å². The Bertz CT molecular complexity index is 1220. The molecule has 0 unspecified atom stereocenters. The molecule has 0 bridgehead atoms. The van der Waals surface area contributed by atoms with Crippen LogP contribution < -0.4 is 4.74 Å². The summed E-state index contributed by atoms with van der Waals surface area (Å²) in [6.07, 6.45) is 0.583. The van der Waals surface area contributed by atoms with Gasteiger partial charge in [-0.05, 0) is 57.0 Å². The number of carbonyl (C=O) groups excluding carboxylic acids is 1. The molecule has 2 aromatic carbocycles. The highest BCUT2D eigenvalue weighted by Crippen LogP contribution is 2.26. The topological polar surface area (TPSA) is 81.5 Å². The summed E-state index contributed by atoms with van der Waals surface area (Å²) in [6.45, 7) is 8.52. The van der Waals surface area contributed by atoms with Gasteiger partial charge in [0.05, 0.1) is 22.3 Å². The molecular weight excluding hydrogens is 414 g/mol. The molecule has 1 aromatic heterocycles. The normalized spacial score (nSPS) is 12.0. The first-order valence-electron chi connectivity index (χ1n) is 10.2. The Morgan fingerprint density at radius 2 is 1.74 bits per heavy atom. The Balaban J connectivity index is 1.82. The van der Waals surface area contributed by atoms with Gasteiger partial charge < -0.3 is 9.30 Å². The van der Waals surface area contributed by atoms with E-state index in [2.05, 4.69) is 4.98 Å². The Hall–Kier alpha value is -2.71. The standard InChI is InChI=1S/C23H29N3O4S/c1-7-26-20-9-8-18(31(28,29)25(5)6)14-19(20)24-21(26)10-11-22(27)30-23-16(3)12-15(2)13-17(23)4/h8-9,12-14H,7,10-11H2,1-6H3. The molecule has 8 heteroatoms. The molecule has 166 valence electrons. The number of hydrogen-bond donors (Lipinski definition) is 0. The molecule has 0 N–H and O–H groups in total. The molecule has 0 aliphatic heterocycles. The van der Waals surface area contributed by atoms with Crippen molar-refractivity contribution in [2.75, 3.05) is 14.1 Å². The number of aryl methyl sites for hydroxylation is 5. The molecule has 1 heterocycles. The largest absolute Gasteiger partial charge is 0.426 e. The van der Waals surface area contributed by atoms with Crippen molar-refractivity contribution in [3.63, 3.8) is 0 Å². The maximum absolute atomic E-state index is 12.5. The minimum Gasteiger partial charge on any atom is -0.426 e.